The minimum atomic E-state index is 0. The molecule has 1 unspecified atom stereocenters. The number of carbonyl (C=O) groups excluding carboxylic acids is 1. The van der Waals surface area contributed by atoms with Gasteiger partial charge in [-0.05, 0) is 49.4 Å². The summed E-state index contributed by atoms with van der Waals surface area (Å²) >= 11 is 0. The number of amides is 1. The van der Waals surface area contributed by atoms with Crippen molar-refractivity contribution in [1.82, 2.24) is 5.32 Å². The number of hydrogen-bond acceptors (Lipinski definition) is 2. The third kappa shape index (κ3) is 4.50. The fourth-order valence-electron chi connectivity index (χ4n) is 2.77. The zero-order valence-corrected chi connectivity index (χ0v) is 13.2. The Kier molecular flexibility index (Phi) is 7.03. The summed E-state index contributed by atoms with van der Waals surface area (Å²) in [5.74, 6) is 0.0107. The second-order valence-electron chi connectivity index (χ2n) is 5.37. The zero-order chi connectivity index (χ0) is 13.7. The van der Waals surface area contributed by atoms with Gasteiger partial charge in [-0.3, -0.25) is 4.79 Å². The number of unbranched alkanes of at least 4 members (excludes halogenated alkanes) is 1. The molecule has 4 heteroatoms. The highest BCUT2D eigenvalue weighted by Crippen LogP contribution is 2.28. The van der Waals surface area contributed by atoms with Gasteiger partial charge in [0.05, 0.1) is 0 Å². The number of halogens is 1. The van der Waals surface area contributed by atoms with Gasteiger partial charge in [0.25, 0.3) is 0 Å². The molecule has 0 aromatic heterocycles. The number of rotatable bonds is 5. The van der Waals surface area contributed by atoms with Crippen LogP contribution < -0.4 is 10.6 Å². The van der Waals surface area contributed by atoms with Crippen molar-refractivity contribution < 1.29 is 4.79 Å². The molecule has 0 aliphatic heterocycles. The average Bonchev–Trinajstić information content (AvgIpc) is 2.38. The van der Waals surface area contributed by atoms with Crippen LogP contribution >= 0.6 is 12.4 Å². The van der Waals surface area contributed by atoms with Crippen LogP contribution in [0.2, 0.25) is 0 Å². The Bertz CT molecular complexity index is 448. The highest BCUT2D eigenvalue weighted by Gasteiger charge is 2.20. The molecule has 1 atom stereocenters. The SMILES string of the molecule is CCCCNC1CCc2c(cccc2NC(C)=O)C1.Cl. The van der Waals surface area contributed by atoms with Crippen molar-refractivity contribution in [3.8, 4) is 0 Å². The molecule has 20 heavy (non-hydrogen) atoms. The minimum Gasteiger partial charge on any atom is -0.326 e. The van der Waals surface area contributed by atoms with Gasteiger partial charge in [0.15, 0.2) is 0 Å². The number of hydrogen-bond donors (Lipinski definition) is 2. The highest BCUT2D eigenvalue weighted by atomic mass is 35.5. The minimum absolute atomic E-state index is 0. The summed E-state index contributed by atoms with van der Waals surface area (Å²) in [6, 6.07) is 6.82. The predicted octanol–water partition coefficient (Wildman–Crippen LogP) is 3.31. The van der Waals surface area contributed by atoms with Crippen molar-refractivity contribution in [2.45, 2.75) is 52.0 Å². The second kappa shape index (κ2) is 8.28. The molecule has 1 amide bonds. The Morgan fingerprint density at radius 1 is 1.40 bits per heavy atom. The first-order chi connectivity index (χ1) is 9.20. The number of benzene rings is 1. The van der Waals surface area contributed by atoms with E-state index in [1.165, 1.54) is 24.0 Å². The Morgan fingerprint density at radius 2 is 2.20 bits per heavy atom. The summed E-state index contributed by atoms with van der Waals surface area (Å²) in [4.78, 5) is 11.2. The van der Waals surface area contributed by atoms with Gasteiger partial charge in [0.1, 0.15) is 0 Å². The van der Waals surface area contributed by atoms with E-state index in [1.54, 1.807) is 6.92 Å². The Hall–Kier alpha value is -1.06. The van der Waals surface area contributed by atoms with E-state index in [4.69, 9.17) is 0 Å². The van der Waals surface area contributed by atoms with Gasteiger partial charge in [-0.2, -0.15) is 0 Å². The maximum absolute atomic E-state index is 11.2. The average molecular weight is 297 g/mol. The van der Waals surface area contributed by atoms with E-state index >= 15 is 0 Å². The highest BCUT2D eigenvalue weighted by molar-refractivity contribution is 5.89. The number of fused-ring (bicyclic) bond motifs is 1. The number of nitrogens with one attached hydrogen (secondary N) is 2. The summed E-state index contributed by atoms with van der Waals surface area (Å²) in [5.41, 5.74) is 3.70. The van der Waals surface area contributed by atoms with Crippen LogP contribution in [0.25, 0.3) is 0 Å². The van der Waals surface area contributed by atoms with Crippen LogP contribution in [0.1, 0.15) is 44.2 Å². The van der Waals surface area contributed by atoms with E-state index in [9.17, 15) is 4.79 Å². The lowest BCUT2D eigenvalue weighted by molar-refractivity contribution is -0.114. The molecule has 1 aliphatic rings. The molecule has 0 saturated heterocycles. The quantitative estimate of drug-likeness (QED) is 0.819. The molecule has 1 aromatic rings. The molecular weight excluding hydrogens is 272 g/mol. The van der Waals surface area contributed by atoms with Crippen molar-refractivity contribution in [3.63, 3.8) is 0 Å². The monoisotopic (exact) mass is 296 g/mol. The summed E-state index contributed by atoms with van der Waals surface area (Å²) in [6.07, 6.45) is 5.77. The third-order valence-electron chi connectivity index (χ3n) is 3.76. The van der Waals surface area contributed by atoms with Crippen molar-refractivity contribution in [2.75, 3.05) is 11.9 Å². The molecule has 0 saturated carbocycles. The van der Waals surface area contributed by atoms with Gasteiger partial charge in [-0.1, -0.05) is 25.5 Å². The lowest BCUT2D eigenvalue weighted by Crippen LogP contribution is -2.35. The normalized spacial score (nSPS) is 17.0. The zero-order valence-electron chi connectivity index (χ0n) is 12.4. The molecule has 1 aromatic carbocycles. The van der Waals surface area contributed by atoms with Crippen molar-refractivity contribution >= 4 is 24.0 Å². The van der Waals surface area contributed by atoms with Crippen LogP contribution in [0.15, 0.2) is 18.2 Å². The Balaban J connectivity index is 0.00000200. The van der Waals surface area contributed by atoms with E-state index in [1.807, 2.05) is 12.1 Å². The molecule has 0 fully saturated rings. The first-order valence-corrected chi connectivity index (χ1v) is 7.32. The molecule has 2 N–H and O–H groups in total. The van der Waals surface area contributed by atoms with Crippen LogP contribution in [-0.2, 0) is 17.6 Å². The molecule has 112 valence electrons. The van der Waals surface area contributed by atoms with Gasteiger partial charge in [-0.25, -0.2) is 0 Å². The molecule has 0 heterocycles. The largest absolute Gasteiger partial charge is 0.326 e. The Morgan fingerprint density at radius 3 is 2.90 bits per heavy atom. The van der Waals surface area contributed by atoms with Gasteiger partial charge in [0, 0.05) is 18.7 Å². The van der Waals surface area contributed by atoms with E-state index < -0.39 is 0 Å². The fraction of sp³-hybridized carbons (Fsp3) is 0.562. The van der Waals surface area contributed by atoms with Gasteiger partial charge < -0.3 is 10.6 Å². The first kappa shape index (κ1) is 17.0. The number of anilines is 1. The molecule has 0 spiro atoms. The van der Waals surface area contributed by atoms with Crippen molar-refractivity contribution in [3.05, 3.63) is 29.3 Å². The lowest BCUT2D eigenvalue weighted by Gasteiger charge is -2.27. The molecule has 1 aliphatic carbocycles. The van der Waals surface area contributed by atoms with Crippen LogP contribution in [0.4, 0.5) is 5.69 Å². The molecule has 2 rings (SSSR count). The number of carbonyl (C=O) groups is 1. The van der Waals surface area contributed by atoms with Gasteiger partial charge in [-0.15, -0.1) is 12.4 Å². The molecule has 0 bridgehead atoms. The summed E-state index contributed by atoms with van der Waals surface area (Å²) in [5, 5.41) is 6.58. The van der Waals surface area contributed by atoms with Gasteiger partial charge in [0.2, 0.25) is 5.91 Å². The standard InChI is InChI=1S/C16H24N2O.ClH/c1-3-4-10-17-14-8-9-15-13(11-14)6-5-7-16(15)18-12(2)19;/h5-7,14,17H,3-4,8-11H2,1-2H3,(H,18,19);1H. The topological polar surface area (TPSA) is 41.1 Å². The fourth-order valence-corrected chi connectivity index (χ4v) is 2.77. The first-order valence-electron chi connectivity index (χ1n) is 7.32. The molecule has 0 radical (unpaired) electrons. The third-order valence-corrected chi connectivity index (χ3v) is 3.76. The van der Waals surface area contributed by atoms with Crippen LogP contribution in [0.3, 0.4) is 0 Å². The maximum Gasteiger partial charge on any atom is 0.221 e. The second-order valence-corrected chi connectivity index (χ2v) is 5.37. The smallest absolute Gasteiger partial charge is 0.221 e. The van der Waals surface area contributed by atoms with Crippen LogP contribution in [0.5, 0.6) is 0 Å². The summed E-state index contributed by atoms with van der Waals surface area (Å²) in [6.45, 7) is 4.90. The van der Waals surface area contributed by atoms with Gasteiger partial charge >= 0.3 is 0 Å². The van der Waals surface area contributed by atoms with Crippen molar-refractivity contribution in [1.29, 1.82) is 0 Å². The van der Waals surface area contributed by atoms with Crippen LogP contribution in [0, 0.1) is 0 Å². The van der Waals surface area contributed by atoms with E-state index in [0.717, 1.165) is 31.5 Å². The van der Waals surface area contributed by atoms with Crippen molar-refractivity contribution in [2.24, 2.45) is 0 Å². The van der Waals surface area contributed by atoms with E-state index in [0.29, 0.717) is 6.04 Å². The summed E-state index contributed by atoms with van der Waals surface area (Å²) < 4.78 is 0. The van der Waals surface area contributed by atoms with E-state index in [-0.39, 0.29) is 18.3 Å². The lowest BCUT2D eigenvalue weighted by atomic mass is 9.87. The predicted molar refractivity (Wildman–Crippen MR) is 86.7 cm³/mol. The summed E-state index contributed by atoms with van der Waals surface area (Å²) in [7, 11) is 0. The maximum atomic E-state index is 11.2. The Labute approximate surface area is 127 Å². The van der Waals surface area contributed by atoms with E-state index in [2.05, 4.69) is 23.6 Å². The molecule has 3 nitrogen and oxygen atoms in total. The molecular formula is C16H25ClN2O. The van der Waals surface area contributed by atoms with Crippen LogP contribution in [-0.4, -0.2) is 18.5 Å².